The van der Waals surface area contributed by atoms with E-state index in [-0.39, 0.29) is 27.8 Å². The molecule has 2 fully saturated rings. The number of Topliss-reactive ketones (excluding diaryl/α,β-unsaturated/α-hetero) is 1. The first-order valence-electron chi connectivity index (χ1n) is 7.36. The van der Waals surface area contributed by atoms with Crippen molar-refractivity contribution in [1.29, 1.82) is 5.26 Å². The lowest BCUT2D eigenvalue weighted by Crippen LogP contribution is -2.32. The first kappa shape index (κ1) is 16.2. The predicted octanol–water partition coefficient (Wildman–Crippen LogP) is 3.45. The number of benzene rings is 1. The summed E-state index contributed by atoms with van der Waals surface area (Å²) in [6.07, 6.45) is -2.08. The van der Waals surface area contributed by atoms with E-state index < -0.39 is 28.1 Å². The lowest BCUT2D eigenvalue weighted by Gasteiger charge is -2.26. The standard InChI is InChI=1S/C16H14F3NO2S/c17-16(18,19)14-7-9(1-2-10(14)8-20)15(21)11-5-12-3-4-13(6-11)23(12)22/h1-2,7,11-13H,3-6H2. The van der Waals surface area contributed by atoms with Crippen LogP contribution in [0.3, 0.4) is 0 Å². The van der Waals surface area contributed by atoms with Crippen molar-refractivity contribution >= 4 is 16.6 Å². The number of carbonyl (C=O) groups excluding carboxylic acids is 1. The van der Waals surface area contributed by atoms with Crippen molar-refractivity contribution in [2.45, 2.75) is 42.4 Å². The minimum atomic E-state index is -4.67. The number of alkyl halides is 3. The topological polar surface area (TPSA) is 57.9 Å². The van der Waals surface area contributed by atoms with Gasteiger partial charge in [0.15, 0.2) is 5.78 Å². The largest absolute Gasteiger partial charge is 0.417 e. The van der Waals surface area contributed by atoms with E-state index in [1.54, 1.807) is 0 Å². The summed E-state index contributed by atoms with van der Waals surface area (Å²) < 4.78 is 51.0. The maximum Gasteiger partial charge on any atom is 0.417 e. The number of ketones is 1. The van der Waals surface area contributed by atoms with Gasteiger partial charge >= 0.3 is 6.18 Å². The van der Waals surface area contributed by atoms with E-state index in [0.717, 1.165) is 25.0 Å². The average molecular weight is 341 g/mol. The number of nitriles is 1. The van der Waals surface area contributed by atoms with Crippen molar-refractivity contribution in [3.8, 4) is 6.07 Å². The van der Waals surface area contributed by atoms with E-state index in [4.69, 9.17) is 5.26 Å². The van der Waals surface area contributed by atoms with Gasteiger partial charge in [-0.1, -0.05) is 6.07 Å². The Bertz CT molecular complexity index is 707. The summed E-state index contributed by atoms with van der Waals surface area (Å²) in [5.74, 6) is -0.715. The third kappa shape index (κ3) is 2.92. The smallest absolute Gasteiger partial charge is 0.294 e. The number of hydrogen-bond acceptors (Lipinski definition) is 3. The molecule has 2 heterocycles. The van der Waals surface area contributed by atoms with Gasteiger partial charge in [-0.15, -0.1) is 0 Å². The van der Waals surface area contributed by atoms with Gasteiger partial charge in [-0.3, -0.25) is 9.00 Å². The molecule has 0 amide bonds. The van der Waals surface area contributed by atoms with Gasteiger partial charge < -0.3 is 0 Å². The van der Waals surface area contributed by atoms with Gasteiger partial charge in [-0.05, 0) is 37.8 Å². The van der Waals surface area contributed by atoms with Gasteiger partial charge in [0.25, 0.3) is 0 Å². The highest BCUT2D eigenvalue weighted by Crippen LogP contribution is 2.40. The second-order valence-electron chi connectivity index (χ2n) is 6.05. The Morgan fingerprint density at radius 3 is 2.35 bits per heavy atom. The molecule has 0 saturated carbocycles. The first-order chi connectivity index (χ1) is 10.8. The molecule has 3 rings (SSSR count). The number of rotatable bonds is 2. The number of hydrogen-bond donors (Lipinski definition) is 0. The normalized spacial score (nSPS) is 30.0. The van der Waals surface area contributed by atoms with Crippen molar-refractivity contribution < 1.29 is 22.2 Å². The molecule has 7 heteroatoms. The highest BCUT2D eigenvalue weighted by Gasteiger charge is 2.43. The second kappa shape index (κ2) is 5.75. The molecule has 0 aromatic heterocycles. The van der Waals surface area contributed by atoms with Gasteiger partial charge in [-0.25, -0.2) is 0 Å². The average Bonchev–Trinajstić information content (AvgIpc) is 2.74. The van der Waals surface area contributed by atoms with Crippen LogP contribution in [0.25, 0.3) is 0 Å². The third-order valence-electron chi connectivity index (χ3n) is 4.66. The Labute approximate surface area is 133 Å². The number of nitrogens with zero attached hydrogens (tertiary/aromatic N) is 1. The summed E-state index contributed by atoms with van der Waals surface area (Å²) in [7, 11) is -0.911. The Morgan fingerprint density at radius 2 is 1.83 bits per heavy atom. The van der Waals surface area contributed by atoms with E-state index in [9.17, 15) is 22.2 Å². The maximum atomic E-state index is 13.0. The molecule has 0 N–H and O–H groups in total. The van der Waals surface area contributed by atoms with E-state index in [1.165, 1.54) is 12.1 Å². The Morgan fingerprint density at radius 1 is 1.22 bits per heavy atom. The Balaban J connectivity index is 1.89. The van der Waals surface area contributed by atoms with Crippen LogP contribution in [0.4, 0.5) is 13.2 Å². The zero-order valence-electron chi connectivity index (χ0n) is 12.1. The zero-order chi connectivity index (χ0) is 16.8. The summed E-state index contributed by atoms with van der Waals surface area (Å²) in [6, 6.07) is 4.61. The maximum absolute atomic E-state index is 13.0. The molecule has 0 aliphatic carbocycles. The minimum Gasteiger partial charge on any atom is -0.294 e. The molecule has 0 radical (unpaired) electrons. The Hall–Kier alpha value is -1.68. The van der Waals surface area contributed by atoms with Crippen molar-refractivity contribution in [2.24, 2.45) is 5.92 Å². The molecule has 2 bridgehead atoms. The molecular weight excluding hydrogens is 327 g/mol. The molecule has 1 aromatic rings. The highest BCUT2D eigenvalue weighted by molar-refractivity contribution is 7.86. The van der Waals surface area contributed by atoms with E-state index in [1.807, 2.05) is 0 Å². The molecule has 3 nitrogen and oxygen atoms in total. The molecule has 2 aliphatic heterocycles. The van der Waals surface area contributed by atoms with E-state index in [2.05, 4.69) is 0 Å². The summed E-state index contributed by atoms with van der Waals surface area (Å²) >= 11 is 0. The second-order valence-corrected chi connectivity index (χ2v) is 8.04. The fourth-order valence-corrected chi connectivity index (χ4v) is 5.64. The highest BCUT2D eigenvalue weighted by atomic mass is 32.2. The van der Waals surface area contributed by atoms with Crippen molar-refractivity contribution in [1.82, 2.24) is 0 Å². The van der Waals surface area contributed by atoms with Crippen molar-refractivity contribution in [3.05, 3.63) is 34.9 Å². The monoisotopic (exact) mass is 341 g/mol. The van der Waals surface area contributed by atoms with Crippen LogP contribution >= 0.6 is 0 Å². The zero-order valence-corrected chi connectivity index (χ0v) is 12.9. The molecule has 2 atom stereocenters. The van der Waals surface area contributed by atoms with Crippen LogP contribution < -0.4 is 0 Å². The molecule has 122 valence electrons. The Kier molecular flexibility index (Phi) is 4.05. The van der Waals surface area contributed by atoms with Crippen LogP contribution in [0.2, 0.25) is 0 Å². The SMILES string of the molecule is N#Cc1ccc(C(=O)C2CC3CCC(C2)S3=O)cc1C(F)(F)F. The van der Waals surface area contributed by atoms with Crippen LogP contribution in [0.15, 0.2) is 18.2 Å². The molecule has 0 spiro atoms. The molecular formula is C16H14F3NO2S. The lowest BCUT2D eigenvalue weighted by atomic mass is 9.89. The first-order valence-corrected chi connectivity index (χ1v) is 8.64. The fraction of sp³-hybridized carbons (Fsp3) is 0.500. The third-order valence-corrected chi connectivity index (χ3v) is 6.83. The molecule has 23 heavy (non-hydrogen) atoms. The number of carbonyl (C=O) groups is 1. The van der Waals surface area contributed by atoms with Crippen LogP contribution in [-0.4, -0.2) is 20.5 Å². The van der Waals surface area contributed by atoms with Gasteiger partial charge in [-0.2, -0.15) is 18.4 Å². The fourth-order valence-electron chi connectivity index (χ4n) is 3.51. The molecule has 2 aliphatic rings. The van der Waals surface area contributed by atoms with Gasteiger partial charge in [0.2, 0.25) is 0 Å². The number of fused-ring (bicyclic) bond motifs is 2. The van der Waals surface area contributed by atoms with Gasteiger partial charge in [0.05, 0.1) is 17.2 Å². The molecule has 1 aromatic carbocycles. The van der Waals surface area contributed by atoms with E-state index in [0.29, 0.717) is 12.8 Å². The van der Waals surface area contributed by atoms with Crippen LogP contribution in [0.1, 0.15) is 47.2 Å². The number of halogens is 3. The van der Waals surface area contributed by atoms with Crippen molar-refractivity contribution in [2.75, 3.05) is 0 Å². The van der Waals surface area contributed by atoms with Gasteiger partial charge in [0.1, 0.15) is 0 Å². The van der Waals surface area contributed by atoms with Crippen LogP contribution in [-0.2, 0) is 17.0 Å². The minimum absolute atomic E-state index is 0.0110. The van der Waals surface area contributed by atoms with Crippen LogP contribution in [0.5, 0.6) is 0 Å². The van der Waals surface area contributed by atoms with E-state index >= 15 is 0 Å². The quantitative estimate of drug-likeness (QED) is 0.774. The van der Waals surface area contributed by atoms with Crippen molar-refractivity contribution in [3.63, 3.8) is 0 Å². The van der Waals surface area contributed by atoms with Crippen LogP contribution in [0, 0.1) is 17.2 Å². The summed E-state index contributed by atoms with van der Waals surface area (Å²) in [5.41, 5.74) is -1.58. The molecule has 2 unspecified atom stereocenters. The predicted molar refractivity (Wildman–Crippen MR) is 78.2 cm³/mol. The molecule has 2 saturated heterocycles. The lowest BCUT2D eigenvalue weighted by molar-refractivity contribution is -0.137. The summed E-state index contributed by atoms with van der Waals surface area (Å²) in [5, 5.41) is 8.78. The summed E-state index contributed by atoms with van der Waals surface area (Å²) in [4.78, 5) is 12.6. The summed E-state index contributed by atoms with van der Waals surface area (Å²) in [6.45, 7) is 0. The van der Waals surface area contributed by atoms with Gasteiger partial charge in [0, 0.05) is 32.8 Å².